The lowest BCUT2D eigenvalue weighted by Gasteiger charge is -2.28. The highest BCUT2D eigenvalue weighted by atomic mass is 16.4. The van der Waals surface area contributed by atoms with Crippen LogP contribution >= 0.6 is 0 Å². The second-order valence-corrected chi connectivity index (χ2v) is 9.28. The first-order valence-corrected chi connectivity index (χ1v) is 12.4. The van der Waals surface area contributed by atoms with E-state index in [-0.39, 0.29) is 5.91 Å². The number of aromatic nitrogens is 1. The summed E-state index contributed by atoms with van der Waals surface area (Å²) >= 11 is 0. The number of carbonyl (C=O) groups excluding carboxylic acids is 1. The van der Waals surface area contributed by atoms with Gasteiger partial charge in [0.2, 0.25) is 0 Å². The number of carboxylic acid groups (broad SMARTS) is 2. The summed E-state index contributed by atoms with van der Waals surface area (Å²) in [6.45, 7) is 2.69. The Balaban J connectivity index is 0.000000886. The van der Waals surface area contributed by atoms with Crippen LogP contribution < -0.4 is 16.4 Å². The van der Waals surface area contributed by atoms with Gasteiger partial charge in [-0.1, -0.05) is 42.5 Å². The quantitative estimate of drug-likeness (QED) is 0.321. The summed E-state index contributed by atoms with van der Waals surface area (Å²) in [4.78, 5) is 37.7. The maximum atomic E-state index is 13.2. The first kappa shape index (κ1) is 27.6. The first-order chi connectivity index (χ1) is 17.8. The van der Waals surface area contributed by atoms with Crippen LogP contribution in [-0.2, 0) is 11.3 Å². The Morgan fingerprint density at radius 2 is 1.49 bits per heavy atom. The van der Waals surface area contributed by atoms with E-state index in [2.05, 4.69) is 10.6 Å². The van der Waals surface area contributed by atoms with Gasteiger partial charge in [-0.3, -0.25) is 9.59 Å². The summed E-state index contributed by atoms with van der Waals surface area (Å²) in [5, 5.41) is 22.6. The average Bonchev–Trinajstić information content (AvgIpc) is 2.90. The van der Waals surface area contributed by atoms with Gasteiger partial charge in [0.15, 0.2) is 0 Å². The molecule has 0 spiro atoms. The van der Waals surface area contributed by atoms with E-state index in [9.17, 15) is 9.59 Å². The third kappa shape index (κ3) is 8.28. The molecule has 2 aromatic carbocycles. The topological polar surface area (TPSA) is 155 Å². The molecule has 0 aliphatic heterocycles. The zero-order chi connectivity index (χ0) is 26.8. The average molecular weight is 507 g/mol. The fourth-order valence-electron chi connectivity index (χ4n) is 4.53. The molecule has 196 valence electrons. The maximum Gasteiger partial charge on any atom is 0.404 e. The number of nitrogens with one attached hydrogen (secondary N) is 2. The van der Waals surface area contributed by atoms with Crippen molar-refractivity contribution in [2.45, 2.75) is 39.2 Å². The summed E-state index contributed by atoms with van der Waals surface area (Å²) in [7, 11) is 0. The van der Waals surface area contributed by atoms with Crippen LogP contribution in [0.25, 0.3) is 22.2 Å². The number of aliphatic carboxylic acids is 1. The van der Waals surface area contributed by atoms with Crippen molar-refractivity contribution in [2.75, 3.05) is 13.1 Å². The first-order valence-electron chi connectivity index (χ1n) is 12.4. The predicted molar refractivity (Wildman–Crippen MR) is 142 cm³/mol. The summed E-state index contributed by atoms with van der Waals surface area (Å²) < 4.78 is 0. The molecular weight excluding hydrogens is 472 g/mol. The van der Waals surface area contributed by atoms with Crippen molar-refractivity contribution in [1.29, 1.82) is 0 Å². The highest BCUT2D eigenvalue weighted by Crippen LogP contribution is 2.29. The molecule has 2 amide bonds. The van der Waals surface area contributed by atoms with Gasteiger partial charge in [-0.05, 0) is 55.2 Å². The number of rotatable bonds is 7. The Labute approximate surface area is 216 Å². The molecule has 9 heteroatoms. The predicted octanol–water partition coefficient (Wildman–Crippen LogP) is 4.26. The molecule has 1 saturated carbocycles. The van der Waals surface area contributed by atoms with Crippen molar-refractivity contribution in [2.24, 2.45) is 17.6 Å². The van der Waals surface area contributed by atoms with Crippen LogP contribution in [0.4, 0.5) is 4.79 Å². The van der Waals surface area contributed by atoms with Crippen molar-refractivity contribution in [1.82, 2.24) is 15.6 Å². The summed E-state index contributed by atoms with van der Waals surface area (Å²) in [5.41, 5.74) is 9.87. The van der Waals surface area contributed by atoms with E-state index < -0.39 is 12.1 Å². The van der Waals surface area contributed by atoms with Crippen LogP contribution in [-0.4, -0.2) is 46.3 Å². The number of amides is 2. The van der Waals surface area contributed by atoms with Gasteiger partial charge in [0, 0.05) is 37.5 Å². The molecule has 0 saturated heterocycles. The van der Waals surface area contributed by atoms with E-state index >= 15 is 0 Å². The number of nitrogens with two attached hydrogens (primary N) is 1. The minimum atomic E-state index is -0.969. The highest BCUT2D eigenvalue weighted by molar-refractivity contribution is 6.07. The molecule has 1 aliphatic rings. The van der Waals surface area contributed by atoms with Gasteiger partial charge in [-0.15, -0.1) is 0 Å². The van der Waals surface area contributed by atoms with E-state index in [4.69, 9.17) is 25.7 Å². The second-order valence-electron chi connectivity index (χ2n) is 9.28. The number of para-hydroxylation sites is 1. The number of nitrogens with zero attached hydrogens (tertiary/aromatic N) is 1. The largest absolute Gasteiger partial charge is 0.481 e. The van der Waals surface area contributed by atoms with Crippen LogP contribution in [0.15, 0.2) is 54.6 Å². The molecule has 0 unspecified atom stereocenters. The van der Waals surface area contributed by atoms with Crippen LogP contribution in [0.1, 0.15) is 48.5 Å². The summed E-state index contributed by atoms with van der Waals surface area (Å²) in [5.74, 6) is -0.139. The Kier molecular flexibility index (Phi) is 9.97. The number of fused-ring (bicyclic) bond motifs is 1. The third-order valence-corrected chi connectivity index (χ3v) is 6.51. The molecule has 1 aromatic heterocycles. The number of pyridine rings is 1. The van der Waals surface area contributed by atoms with Crippen LogP contribution in [0.5, 0.6) is 0 Å². The summed E-state index contributed by atoms with van der Waals surface area (Å²) in [6, 6.07) is 17.5. The fourth-order valence-corrected chi connectivity index (χ4v) is 4.53. The lowest BCUT2D eigenvalue weighted by molar-refractivity contribution is -0.134. The molecule has 1 fully saturated rings. The molecular formula is C28H34N4O5. The highest BCUT2D eigenvalue weighted by Gasteiger charge is 2.22. The fraction of sp³-hybridized carbons (Fsp3) is 0.357. The van der Waals surface area contributed by atoms with Gasteiger partial charge in [0.05, 0.1) is 16.8 Å². The van der Waals surface area contributed by atoms with Gasteiger partial charge in [0.25, 0.3) is 11.9 Å². The standard InChI is InChI=1S/C26H30N4O3.C2H4O2/c27-14-17-9-11-20(12-10-17)24-13-22(21-3-1-2-4-23(21)30-24)25(31)28-15-18-5-7-19(8-6-18)16-29-26(32)33;1-2(3)4/h1-4,9-13,18-19,29H,5-8,14-16,27H2,(H,28,31)(H,32,33);1H3,(H,3,4). The Morgan fingerprint density at radius 3 is 2.05 bits per heavy atom. The van der Waals surface area contributed by atoms with Gasteiger partial charge < -0.3 is 26.6 Å². The number of carboxylic acids is 1. The van der Waals surface area contributed by atoms with E-state index in [1.807, 2.05) is 54.6 Å². The SMILES string of the molecule is CC(=O)O.NCc1ccc(-c2cc(C(=O)NCC3CCC(CNC(=O)O)CC3)c3ccccc3n2)cc1. The Bertz CT molecular complexity index is 1220. The molecule has 0 atom stereocenters. The summed E-state index contributed by atoms with van der Waals surface area (Å²) in [6.07, 6.45) is 2.96. The van der Waals surface area contributed by atoms with Crippen molar-refractivity contribution in [3.05, 3.63) is 65.7 Å². The Hall–Kier alpha value is -3.98. The molecule has 0 radical (unpaired) electrons. The smallest absolute Gasteiger partial charge is 0.404 e. The minimum Gasteiger partial charge on any atom is -0.481 e. The molecule has 0 bridgehead atoms. The normalized spacial score (nSPS) is 16.8. The molecule has 4 rings (SSSR count). The van der Waals surface area contributed by atoms with Crippen molar-refractivity contribution < 1.29 is 24.6 Å². The van der Waals surface area contributed by atoms with Gasteiger partial charge in [-0.25, -0.2) is 9.78 Å². The lowest BCUT2D eigenvalue weighted by Crippen LogP contribution is -2.34. The second kappa shape index (κ2) is 13.4. The van der Waals surface area contributed by atoms with E-state index in [0.717, 1.165) is 60.3 Å². The lowest BCUT2D eigenvalue weighted by atomic mass is 9.82. The zero-order valence-electron chi connectivity index (χ0n) is 20.9. The molecule has 3 aromatic rings. The van der Waals surface area contributed by atoms with Crippen molar-refractivity contribution in [3.8, 4) is 11.3 Å². The molecule has 1 aliphatic carbocycles. The Morgan fingerprint density at radius 1 is 0.919 bits per heavy atom. The van der Waals surface area contributed by atoms with E-state index in [1.165, 1.54) is 0 Å². The number of hydrogen-bond acceptors (Lipinski definition) is 5. The molecule has 37 heavy (non-hydrogen) atoms. The number of hydrogen-bond donors (Lipinski definition) is 5. The zero-order valence-corrected chi connectivity index (χ0v) is 20.9. The third-order valence-electron chi connectivity index (χ3n) is 6.51. The van der Waals surface area contributed by atoms with Crippen LogP contribution in [0.3, 0.4) is 0 Å². The monoisotopic (exact) mass is 506 g/mol. The molecule has 6 N–H and O–H groups in total. The van der Waals surface area contributed by atoms with Crippen molar-refractivity contribution in [3.63, 3.8) is 0 Å². The number of carbonyl (C=O) groups is 3. The molecule has 1 heterocycles. The minimum absolute atomic E-state index is 0.0944. The number of benzene rings is 2. The van der Waals surface area contributed by atoms with E-state index in [1.54, 1.807) is 0 Å². The van der Waals surface area contributed by atoms with Crippen LogP contribution in [0.2, 0.25) is 0 Å². The maximum absolute atomic E-state index is 13.2. The van der Waals surface area contributed by atoms with Crippen molar-refractivity contribution >= 4 is 28.9 Å². The van der Waals surface area contributed by atoms with E-state index in [0.29, 0.717) is 37.0 Å². The van der Waals surface area contributed by atoms with Gasteiger partial charge in [-0.2, -0.15) is 0 Å². The molecule has 9 nitrogen and oxygen atoms in total. The van der Waals surface area contributed by atoms with Gasteiger partial charge in [0.1, 0.15) is 0 Å². The van der Waals surface area contributed by atoms with Crippen LogP contribution in [0, 0.1) is 11.8 Å². The van der Waals surface area contributed by atoms with Gasteiger partial charge >= 0.3 is 6.09 Å².